The van der Waals surface area contributed by atoms with Crippen LogP contribution in [0.4, 0.5) is 0 Å². The lowest BCUT2D eigenvalue weighted by atomic mass is 10.0. The Hall–Kier alpha value is -2.30. The van der Waals surface area contributed by atoms with Crippen molar-refractivity contribution in [2.75, 3.05) is 19.8 Å². The van der Waals surface area contributed by atoms with E-state index in [2.05, 4.69) is 55.6 Å². The molecule has 0 aromatic heterocycles. The fourth-order valence-corrected chi connectivity index (χ4v) is 8.82. The molecule has 0 heterocycles. The quantitative estimate of drug-likeness (QED) is 0.0199. The van der Waals surface area contributed by atoms with E-state index in [1.54, 1.807) is 0 Å². The number of hydrogen-bond acceptors (Lipinski definition) is 8. The summed E-state index contributed by atoms with van der Waals surface area (Å²) in [5.41, 5.74) is 0. The minimum atomic E-state index is -4.76. The lowest BCUT2D eigenvalue weighted by Gasteiger charge is -2.18. The zero-order valence-electron chi connectivity index (χ0n) is 43.7. The van der Waals surface area contributed by atoms with Gasteiger partial charge in [-0.2, -0.15) is 0 Å². The highest BCUT2D eigenvalue weighted by Crippen LogP contribution is 2.43. The smallest absolute Gasteiger partial charge is 0.472 e. The molecule has 0 radical (unpaired) electrons. The Balaban J connectivity index is 3.77. The second-order valence-corrected chi connectivity index (χ2v) is 20.6. The third kappa shape index (κ3) is 50.1. The number of carbonyl (C=O) groups excluding carboxylic acids is 2. The van der Waals surface area contributed by atoms with Crippen molar-refractivity contribution in [3.8, 4) is 0 Å². The predicted molar refractivity (Wildman–Crippen MR) is 282 cm³/mol. The summed E-state index contributed by atoms with van der Waals surface area (Å²) in [6.45, 7) is 2.62. The maximum absolute atomic E-state index is 12.4. The van der Waals surface area contributed by atoms with Crippen molar-refractivity contribution in [2.24, 2.45) is 0 Å². The fraction of sp³-hybridized carbons (Fsp3) is 0.839. The number of nitrogens with one attached hydrogen (secondary N) is 1. The number of aliphatic hydroxyl groups is 1. The average molecular weight is 982 g/mol. The van der Waals surface area contributed by atoms with Crippen molar-refractivity contribution in [3.63, 3.8) is 0 Å². The second-order valence-electron chi connectivity index (χ2n) is 19.1. The van der Waals surface area contributed by atoms with Crippen LogP contribution in [0.3, 0.4) is 0 Å². The van der Waals surface area contributed by atoms with Crippen LogP contribution in [-0.2, 0) is 32.7 Å². The van der Waals surface area contributed by atoms with Gasteiger partial charge in [0.25, 0.3) is 0 Å². The number of amides is 1. The van der Waals surface area contributed by atoms with E-state index in [1.165, 1.54) is 186 Å². The molecule has 12 heteroatoms. The van der Waals surface area contributed by atoms with Gasteiger partial charge in [0.1, 0.15) is 12.7 Å². The minimum absolute atomic E-state index is 0.147. The van der Waals surface area contributed by atoms with Crippen LogP contribution in [0.2, 0.25) is 0 Å². The summed E-state index contributed by atoms with van der Waals surface area (Å²) in [5, 5.41) is 22.0. The number of carboxylic acids is 1. The van der Waals surface area contributed by atoms with Gasteiger partial charge < -0.3 is 25.2 Å². The summed E-state index contributed by atoms with van der Waals surface area (Å²) in [6.07, 6.45) is 58.8. The molecule has 68 heavy (non-hydrogen) atoms. The van der Waals surface area contributed by atoms with Crippen molar-refractivity contribution in [2.45, 2.75) is 283 Å². The lowest BCUT2D eigenvalue weighted by Crippen LogP contribution is -2.43. The summed E-state index contributed by atoms with van der Waals surface area (Å²) >= 11 is 0. The average Bonchev–Trinajstić information content (AvgIpc) is 3.32. The summed E-state index contributed by atoms with van der Waals surface area (Å²) < 4.78 is 27.0. The number of unbranched alkanes of at least 4 members (excludes halogenated alkanes) is 33. The molecule has 0 saturated heterocycles. The molecule has 0 aliphatic rings. The van der Waals surface area contributed by atoms with Gasteiger partial charge in [-0.05, 0) is 70.6 Å². The molecule has 0 aliphatic carbocycles. The third-order valence-electron chi connectivity index (χ3n) is 12.4. The Morgan fingerprint density at radius 2 is 0.809 bits per heavy atom. The Kier molecular flexibility index (Phi) is 49.3. The standard InChI is InChI=1S/C56H104NO10P/c1-3-5-7-9-11-13-15-17-19-21-23-25-26-28-29-31-33-35-37-39-41-43-45-47-54(59)57-53(56(61)62)51-67-68(63,64)66-50-52(58)49-65-55(60)48-46-44-42-40-38-36-34-32-30-27-24-22-20-18-16-14-12-10-8-6-4-2/h12,14,17-20,52-53,58H,3-11,13,15-16,21-51H2,1-2H3,(H,57,59)(H,61,62)(H,63,64)/b14-12-,19-17+,20-18-. The molecular weight excluding hydrogens is 878 g/mol. The van der Waals surface area contributed by atoms with Crippen molar-refractivity contribution >= 4 is 25.7 Å². The minimum Gasteiger partial charge on any atom is -0.480 e. The molecule has 4 N–H and O–H groups in total. The van der Waals surface area contributed by atoms with Crippen molar-refractivity contribution in [1.82, 2.24) is 5.32 Å². The summed E-state index contributed by atoms with van der Waals surface area (Å²) in [6, 6.07) is -1.55. The highest BCUT2D eigenvalue weighted by atomic mass is 31.2. The molecule has 0 bridgehead atoms. The maximum Gasteiger partial charge on any atom is 0.472 e. The van der Waals surface area contributed by atoms with Crippen LogP contribution in [-0.4, -0.2) is 64.9 Å². The zero-order chi connectivity index (χ0) is 49.9. The van der Waals surface area contributed by atoms with Gasteiger partial charge in [0, 0.05) is 12.8 Å². The highest BCUT2D eigenvalue weighted by molar-refractivity contribution is 7.47. The number of carboxylic acid groups (broad SMARTS) is 1. The second kappa shape index (κ2) is 51.1. The monoisotopic (exact) mass is 982 g/mol. The van der Waals surface area contributed by atoms with E-state index < -0.39 is 57.6 Å². The van der Waals surface area contributed by atoms with Gasteiger partial charge in [-0.1, -0.05) is 224 Å². The van der Waals surface area contributed by atoms with Crippen molar-refractivity contribution in [1.29, 1.82) is 0 Å². The van der Waals surface area contributed by atoms with Gasteiger partial charge in [0.15, 0.2) is 6.04 Å². The van der Waals surface area contributed by atoms with Crippen LogP contribution < -0.4 is 5.32 Å². The van der Waals surface area contributed by atoms with E-state index in [9.17, 15) is 34.1 Å². The topological polar surface area (TPSA) is 169 Å². The SMILES string of the molecule is CCCCC/C=C\C/C=C\CCCCCCCCCCCCCC(=O)OCC(O)COP(=O)(O)OCC(NC(=O)CCCCCCCCCCCCCCC/C=C/CCCCCCCC)C(=O)O. The zero-order valence-corrected chi connectivity index (χ0v) is 44.6. The number of aliphatic hydroxyl groups excluding tert-OH is 1. The Bertz CT molecular complexity index is 1290. The van der Waals surface area contributed by atoms with E-state index in [0.717, 1.165) is 44.9 Å². The van der Waals surface area contributed by atoms with Gasteiger partial charge in [-0.25, -0.2) is 9.36 Å². The molecular formula is C56H104NO10P. The van der Waals surface area contributed by atoms with Gasteiger partial charge in [0.05, 0.1) is 13.2 Å². The van der Waals surface area contributed by atoms with E-state index >= 15 is 0 Å². The van der Waals surface area contributed by atoms with Crippen LogP contribution in [0.1, 0.15) is 271 Å². The number of carbonyl (C=O) groups is 3. The predicted octanol–water partition coefficient (Wildman–Crippen LogP) is 15.9. The molecule has 0 saturated carbocycles. The van der Waals surface area contributed by atoms with Crippen LogP contribution in [0.15, 0.2) is 36.5 Å². The number of ether oxygens (including phenoxy) is 1. The largest absolute Gasteiger partial charge is 0.480 e. The van der Waals surface area contributed by atoms with E-state index in [1.807, 2.05) is 0 Å². The van der Waals surface area contributed by atoms with Gasteiger partial charge in [-0.3, -0.25) is 18.6 Å². The number of phosphoric acid groups is 1. The van der Waals surface area contributed by atoms with E-state index in [-0.39, 0.29) is 12.8 Å². The normalized spacial score (nSPS) is 13.7. The van der Waals surface area contributed by atoms with Gasteiger partial charge in [-0.15, -0.1) is 0 Å². The number of allylic oxidation sites excluding steroid dienone is 6. The summed E-state index contributed by atoms with van der Waals surface area (Å²) in [7, 11) is -4.76. The molecule has 0 spiro atoms. The Labute approximate surface area is 416 Å². The van der Waals surface area contributed by atoms with Crippen LogP contribution in [0.25, 0.3) is 0 Å². The molecule has 3 atom stereocenters. The molecule has 0 aromatic carbocycles. The first kappa shape index (κ1) is 65.7. The Morgan fingerprint density at radius 1 is 0.471 bits per heavy atom. The van der Waals surface area contributed by atoms with Crippen LogP contribution in [0, 0.1) is 0 Å². The lowest BCUT2D eigenvalue weighted by molar-refractivity contribution is -0.147. The van der Waals surface area contributed by atoms with E-state index in [4.69, 9.17) is 13.8 Å². The number of phosphoric ester groups is 1. The van der Waals surface area contributed by atoms with Crippen LogP contribution in [0.5, 0.6) is 0 Å². The molecule has 0 aromatic rings. The number of hydrogen-bond donors (Lipinski definition) is 4. The molecule has 1 amide bonds. The molecule has 0 fully saturated rings. The van der Waals surface area contributed by atoms with Gasteiger partial charge >= 0.3 is 19.8 Å². The molecule has 0 rings (SSSR count). The first-order valence-corrected chi connectivity index (χ1v) is 29.5. The number of aliphatic carboxylic acids is 1. The van der Waals surface area contributed by atoms with Gasteiger partial charge in [0.2, 0.25) is 5.91 Å². The van der Waals surface area contributed by atoms with E-state index in [0.29, 0.717) is 12.8 Å². The molecule has 3 unspecified atom stereocenters. The first-order chi connectivity index (χ1) is 33.1. The summed E-state index contributed by atoms with van der Waals surface area (Å²) in [5.74, 6) is -2.36. The Morgan fingerprint density at radius 3 is 1.24 bits per heavy atom. The van der Waals surface area contributed by atoms with Crippen LogP contribution >= 0.6 is 7.82 Å². The highest BCUT2D eigenvalue weighted by Gasteiger charge is 2.28. The molecule has 0 aliphatic heterocycles. The number of esters is 1. The third-order valence-corrected chi connectivity index (χ3v) is 13.4. The maximum atomic E-state index is 12.4. The fourth-order valence-electron chi connectivity index (χ4n) is 8.05. The number of rotatable bonds is 53. The first-order valence-electron chi connectivity index (χ1n) is 28.0. The summed E-state index contributed by atoms with van der Waals surface area (Å²) in [4.78, 5) is 46.2. The molecule has 398 valence electrons. The molecule has 11 nitrogen and oxygen atoms in total. The van der Waals surface area contributed by atoms with Crippen molar-refractivity contribution < 1.29 is 47.8 Å². The van der Waals surface area contributed by atoms with Crippen molar-refractivity contribution in [3.05, 3.63) is 36.5 Å².